The first-order chi connectivity index (χ1) is 10.2. The van der Waals surface area contributed by atoms with E-state index in [9.17, 15) is 5.11 Å². The van der Waals surface area contributed by atoms with Crippen molar-refractivity contribution in [1.82, 2.24) is 4.98 Å². The maximum absolute atomic E-state index is 10.7. The van der Waals surface area contributed by atoms with Gasteiger partial charge in [0.1, 0.15) is 0 Å². The molecule has 0 unspecified atom stereocenters. The molecule has 112 valence electrons. The number of nitrogens with one attached hydrogen (secondary N) is 1. The van der Waals surface area contributed by atoms with Crippen molar-refractivity contribution in [3.63, 3.8) is 0 Å². The van der Waals surface area contributed by atoms with Crippen LogP contribution in [0, 0.1) is 5.92 Å². The lowest BCUT2D eigenvalue weighted by Gasteiger charge is -2.36. The van der Waals surface area contributed by atoms with Gasteiger partial charge in [0.05, 0.1) is 11.1 Å². The second-order valence-electron chi connectivity index (χ2n) is 6.31. The average Bonchev–Trinajstić information content (AvgIpc) is 2.54. The Hall–Kier alpha value is -1.61. The van der Waals surface area contributed by atoms with E-state index < -0.39 is 5.60 Å². The van der Waals surface area contributed by atoms with Crippen molar-refractivity contribution in [2.45, 2.75) is 44.6 Å². The molecule has 0 spiro atoms. The van der Waals surface area contributed by atoms with Crippen molar-refractivity contribution in [2.24, 2.45) is 5.92 Å². The van der Waals surface area contributed by atoms with Crippen molar-refractivity contribution in [2.75, 3.05) is 11.9 Å². The number of anilines is 1. The second-order valence-corrected chi connectivity index (χ2v) is 6.31. The van der Waals surface area contributed by atoms with Crippen LogP contribution in [0.5, 0.6) is 0 Å². The third-order valence-electron chi connectivity index (χ3n) is 4.87. The molecule has 0 atom stereocenters. The number of aromatic nitrogens is 1. The van der Waals surface area contributed by atoms with Gasteiger partial charge in [-0.15, -0.1) is 0 Å². The normalized spacial score (nSPS) is 25.9. The molecule has 0 bridgehead atoms. The van der Waals surface area contributed by atoms with Crippen LogP contribution in [0.4, 0.5) is 5.69 Å². The number of pyridine rings is 1. The van der Waals surface area contributed by atoms with E-state index in [0.29, 0.717) is 6.54 Å². The summed E-state index contributed by atoms with van der Waals surface area (Å²) in [6.07, 6.45) is 7.15. The fourth-order valence-electron chi connectivity index (χ4n) is 3.31. The summed E-state index contributed by atoms with van der Waals surface area (Å²) >= 11 is 0. The monoisotopic (exact) mass is 284 g/mol. The highest BCUT2D eigenvalue weighted by molar-refractivity contribution is 5.90. The van der Waals surface area contributed by atoms with E-state index in [1.54, 1.807) is 0 Å². The lowest BCUT2D eigenvalue weighted by molar-refractivity contribution is 0.00232. The summed E-state index contributed by atoms with van der Waals surface area (Å²) in [5.74, 6) is 0.798. The van der Waals surface area contributed by atoms with Crippen molar-refractivity contribution in [3.8, 4) is 0 Å². The lowest BCUT2D eigenvalue weighted by Crippen LogP contribution is -2.40. The minimum atomic E-state index is -0.559. The molecule has 21 heavy (non-hydrogen) atoms. The topological polar surface area (TPSA) is 45.1 Å². The molecule has 1 aromatic heterocycles. The zero-order valence-corrected chi connectivity index (χ0v) is 12.7. The molecule has 0 aliphatic heterocycles. The number of hydrogen-bond acceptors (Lipinski definition) is 3. The van der Waals surface area contributed by atoms with Crippen LogP contribution in [-0.4, -0.2) is 22.2 Å². The fourth-order valence-corrected chi connectivity index (χ4v) is 3.31. The number of nitrogens with zero attached hydrogens (tertiary/aromatic N) is 1. The van der Waals surface area contributed by atoms with Gasteiger partial charge in [0.15, 0.2) is 0 Å². The SMILES string of the molecule is CCC1CCC(O)(CNc2ccnc3ccccc23)CC1. The van der Waals surface area contributed by atoms with E-state index in [-0.39, 0.29) is 0 Å². The molecular weight excluding hydrogens is 260 g/mol. The third-order valence-corrected chi connectivity index (χ3v) is 4.87. The number of benzene rings is 1. The van der Waals surface area contributed by atoms with E-state index in [4.69, 9.17) is 0 Å². The van der Waals surface area contributed by atoms with Crippen LogP contribution >= 0.6 is 0 Å². The largest absolute Gasteiger partial charge is 0.388 e. The highest BCUT2D eigenvalue weighted by atomic mass is 16.3. The molecular formula is C18H24N2O. The van der Waals surface area contributed by atoms with Crippen LogP contribution in [0.2, 0.25) is 0 Å². The van der Waals surface area contributed by atoms with Gasteiger partial charge in [-0.1, -0.05) is 31.5 Å². The molecule has 3 rings (SSSR count). The summed E-state index contributed by atoms with van der Waals surface area (Å²) in [5, 5.41) is 15.3. The predicted octanol–water partition coefficient (Wildman–Crippen LogP) is 3.98. The molecule has 1 saturated carbocycles. The van der Waals surface area contributed by atoms with Gasteiger partial charge < -0.3 is 10.4 Å². The third kappa shape index (κ3) is 3.18. The standard InChI is InChI=1S/C18H24N2O/c1-2-14-7-10-18(21,11-8-14)13-20-17-9-12-19-16-6-4-3-5-15(16)17/h3-6,9,12,14,21H,2,7-8,10-11,13H2,1H3,(H,19,20). The van der Waals surface area contributed by atoms with Crippen LogP contribution in [0.3, 0.4) is 0 Å². The molecule has 1 heterocycles. The Kier molecular flexibility index (Phi) is 4.11. The van der Waals surface area contributed by atoms with Crippen molar-refractivity contribution in [3.05, 3.63) is 36.5 Å². The zero-order valence-electron chi connectivity index (χ0n) is 12.7. The van der Waals surface area contributed by atoms with Gasteiger partial charge >= 0.3 is 0 Å². The first kappa shape index (κ1) is 14.3. The van der Waals surface area contributed by atoms with E-state index in [1.165, 1.54) is 6.42 Å². The highest BCUT2D eigenvalue weighted by Gasteiger charge is 2.32. The lowest BCUT2D eigenvalue weighted by atomic mass is 9.78. The van der Waals surface area contributed by atoms with Gasteiger partial charge in [-0.25, -0.2) is 0 Å². The first-order valence-electron chi connectivity index (χ1n) is 8.00. The molecule has 1 aliphatic carbocycles. The zero-order chi connectivity index (χ0) is 14.7. The molecule has 2 aromatic rings. The highest BCUT2D eigenvalue weighted by Crippen LogP contribution is 2.34. The summed E-state index contributed by atoms with van der Waals surface area (Å²) in [6.45, 7) is 2.87. The van der Waals surface area contributed by atoms with Gasteiger partial charge in [-0.3, -0.25) is 4.98 Å². The van der Waals surface area contributed by atoms with Crippen molar-refractivity contribution < 1.29 is 5.11 Å². The van der Waals surface area contributed by atoms with E-state index in [2.05, 4.69) is 23.3 Å². The van der Waals surface area contributed by atoms with Gasteiger partial charge in [0, 0.05) is 23.8 Å². The molecule has 1 aliphatic rings. The summed E-state index contributed by atoms with van der Waals surface area (Å²) in [4.78, 5) is 4.37. The molecule has 0 radical (unpaired) electrons. The van der Waals surface area contributed by atoms with Gasteiger partial charge in [0.2, 0.25) is 0 Å². The van der Waals surface area contributed by atoms with E-state index in [0.717, 1.165) is 48.2 Å². The van der Waals surface area contributed by atoms with Crippen LogP contribution < -0.4 is 5.32 Å². The summed E-state index contributed by atoms with van der Waals surface area (Å²) in [7, 11) is 0. The maximum Gasteiger partial charge on any atom is 0.0819 e. The second kappa shape index (κ2) is 6.02. The maximum atomic E-state index is 10.7. The molecule has 2 N–H and O–H groups in total. The Morgan fingerprint density at radius 1 is 1.24 bits per heavy atom. The minimum absolute atomic E-state index is 0.559. The van der Waals surface area contributed by atoms with Crippen LogP contribution in [0.25, 0.3) is 10.9 Å². The Morgan fingerprint density at radius 3 is 2.76 bits per heavy atom. The number of fused-ring (bicyclic) bond motifs is 1. The Balaban J connectivity index is 1.69. The molecule has 1 aromatic carbocycles. The number of rotatable bonds is 4. The van der Waals surface area contributed by atoms with E-state index in [1.807, 2.05) is 30.5 Å². The quantitative estimate of drug-likeness (QED) is 0.892. The molecule has 3 nitrogen and oxygen atoms in total. The predicted molar refractivity (Wildman–Crippen MR) is 87.4 cm³/mol. The number of hydrogen-bond donors (Lipinski definition) is 2. The van der Waals surface area contributed by atoms with Crippen LogP contribution in [0.1, 0.15) is 39.0 Å². The molecule has 0 amide bonds. The Bertz CT molecular complexity index is 598. The smallest absolute Gasteiger partial charge is 0.0819 e. The van der Waals surface area contributed by atoms with Crippen molar-refractivity contribution >= 4 is 16.6 Å². The molecule has 3 heteroatoms. The summed E-state index contributed by atoms with van der Waals surface area (Å²) in [6, 6.07) is 10.1. The average molecular weight is 284 g/mol. The van der Waals surface area contributed by atoms with E-state index >= 15 is 0 Å². The van der Waals surface area contributed by atoms with Gasteiger partial charge in [0.25, 0.3) is 0 Å². The summed E-state index contributed by atoms with van der Waals surface area (Å²) in [5.41, 5.74) is 1.49. The number of aliphatic hydroxyl groups is 1. The minimum Gasteiger partial charge on any atom is -0.388 e. The summed E-state index contributed by atoms with van der Waals surface area (Å²) < 4.78 is 0. The van der Waals surface area contributed by atoms with Gasteiger partial charge in [-0.05, 0) is 43.7 Å². The van der Waals surface area contributed by atoms with Crippen LogP contribution in [-0.2, 0) is 0 Å². The Morgan fingerprint density at radius 2 is 2.00 bits per heavy atom. The van der Waals surface area contributed by atoms with Crippen LogP contribution in [0.15, 0.2) is 36.5 Å². The fraction of sp³-hybridized carbons (Fsp3) is 0.500. The first-order valence-corrected chi connectivity index (χ1v) is 8.00. The van der Waals surface area contributed by atoms with Crippen molar-refractivity contribution in [1.29, 1.82) is 0 Å². The Labute approximate surface area is 126 Å². The molecule has 1 fully saturated rings. The number of para-hydroxylation sites is 1. The van der Waals surface area contributed by atoms with Gasteiger partial charge in [-0.2, -0.15) is 0 Å². The molecule has 0 saturated heterocycles.